The van der Waals surface area contributed by atoms with Gasteiger partial charge in [0, 0.05) is 18.0 Å². The Morgan fingerprint density at radius 1 is 1.07 bits per heavy atom. The second-order valence-electron chi connectivity index (χ2n) is 5.86. The minimum Gasteiger partial charge on any atom is -0.268 e. The summed E-state index contributed by atoms with van der Waals surface area (Å²) in [5.41, 5.74) is -0.230. The molecule has 1 N–H and O–H groups in total. The van der Waals surface area contributed by atoms with Crippen molar-refractivity contribution in [1.29, 1.82) is 0 Å². The number of nitrogens with one attached hydrogen (secondary N) is 1. The largest absolute Gasteiger partial charge is 0.416 e. The lowest BCUT2D eigenvalue weighted by Crippen LogP contribution is -2.30. The van der Waals surface area contributed by atoms with Gasteiger partial charge in [-0.15, -0.1) is 0 Å². The standard InChI is InChI=1S/C18H14F3N3O3S/c19-18(20,21)15-3-1-4-16(11-15)28(26,27)23-17(25)14-7-5-13(6-8-14)12-24-10-2-9-22-24/h1-11H,12H2,(H,23,25). The van der Waals surface area contributed by atoms with E-state index in [-0.39, 0.29) is 5.56 Å². The Labute approximate surface area is 158 Å². The monoisotopic (exact) mass is 409 g/mol. The maximum atomic E-state index is 12.8. The predicted molar refractivity (Wildman–Crippen MR) is 93.9 cm³/mol. The first-order chi connectivity index (χ1) is 13.1. The van der Waals surface area contributed by atoms with Gasteiger partial charge in [0.15, 0.2) is 0 Å². The highest BCUT2D eigenvalue weighted by molar-refractivity contribution is 7.90. The summed E-state index contributed by atoms with van der Waals surface area (Å²) in [4.78, 5) is 11.6. The highest BCUT2D eigenvalue weighted by atomic mass is 32.2. The van der Waals surface area contributed by atoms with Gasteiger partial charge in [-0.3, -0.25) is 9.48 Å². The van der Waals surface area contributed by atoms with Crippen LogP contribution < -0.4 is 4.72 Å². The summed E-state index contributed by atoms with van der Waals surface area (Å²) in [6.07, 6.45) is -1.30. The number of carbonyl (C=O) groups excluding carboxylic acids is 1. The second kappa shape index (κ2) is 7.47. The number of amides is 1. The van der Waals surface area contributed by atoms with Crippen LogP contribution in [0.1, 0.15) is 21.5 Å². The molecule has 0 fully saturated rings. The van der Waals surface area contributed by atoms with E-state index < -0.39 is 32.6 Å². The molecule has 0 saturated heterocycles. The van der Waals surface area contributed by atoms with Gasteiger partial charge in [0.25, 0.3) is 15.9 Å². The first kappa shape index (κ1) is 19.6. The van der Waals surface area contributed by atoms with Crippen LogP contribution in [0.3, 0.4) is 0 Å². The van der Waals surface area contributed by atoms with E-state index in [2.05, 4.69) is 5.10 Å². The quantitative estimate of drug-likeness (QED) is 0.702. The summed E-state index contributed by atoms with van der Waals surface area (Å²) in [5, 5.41) is 4.05. The van der Waals surface area contributed by atoms with Gasteiger partial charge in [0.1, 0.15) is 0 Å². The van der Waals surface area contributed by atoms with Gasteiger partial charge >= 0.3 is 6.18 Å². The average Bonchev–Trinajstić information content (AvgIpc) is 3.14. The highest BCUT2D eigenvalue weighted by Gasteiger charge is 2.32. The lowest BCUT2D eigenvalue weighted by molar-refractivity contribution is -0.137. The Kier molecular flexibility index (Phi) is 5.23. The predicted octanol–water partition coefficient (Wildman–Crippen LogP) is 3.07. The number of hydrogen-bond donors (Lipinski definition) is 1. The van der Waals surface area contributed by atoms with Crippen LogP contribution in [0.4, 0.5) is 13.2 Å². The second-order valence-corrected chi connectivity index (χ2v) is 7.54. The van der Waals surface area contributed by atoms with E-state index in [1.165, 1.54) is 12.1 Å². The van der Waals surface area contributed by atoms with Crippen LogP contribution in [-0.4, -0.2) is 24.1 Å². The Hall–Kier alpha value is -3.14. The van der Waals surface area contributed by atoms with Crippen LogP contribution in [-0.2, 0) is 22.7 Å². The summed E-state index contributed by atoms with van der Waals surface area (Å²) in [6.45, 7) is 0.470. The molecular weight excluding hydrogens is 395 g/mol. The van der Waals surface area contributed by atoms with Gasteiger partial charge in [0.2, 0.25) is 0 Å². The zero-order valence-electron chi connectivity index (χ0n) is 14.2. The first-order valence-electron chi connectivity index (χ1n) is 7.96. The molecule has 146 valence electrons. The van der Waals surface area contributed by atoms with Crippen molar-refractivity contribution in [3.63, 3.8) is 0 Å². The molecule has 3 aromatic rings. The number of benzene rings is 2. The summed E-state index contributed by atoms with van der Waals surface area (Å²) in [5.74, 6) is -0.942. The maximum absolute atomic E-state index is 12.8. The van der Waals surface area contributed by atoms with Crippen molar-refractivity contribution >= 4 is 15.9 Å². The van der Waals surface area contributed by atoms with Crippen LogP contribution in [0.25, 0.3) is 0 Å². The zero-order chi connectivity index (χ0) is 20.4. The van der Waals surface area contributed by atoms with Crippen LogP contribution in [0.15, 0.2) is 71.9 Å². The molecule has 1 amide bonds. The Morgan fingerprint density at radius 3 is 2.39 bits per heavy atom. The molecule has 0 aliphatic carbocycles. The minimum absolute atomic E-state index is 0.0553. The third-order valence-corrected chi connectivity index (χ3v) is 5.15. The minimum atomic E-state index is -4.69. The summed E-state index contributed by atoms with van der Waals surface area (Å²) >= 11 is 0. The van der Waals surface area contributed by atoms with E-state index in [4.69, 9.17) is 0 Å². The highest BCUT2D eigenvalue weighted by Crippen LogP contribution is 2.30. The smallest absolute Gasteiger partial charge is 0.268 e. The van der Waals surface area contributed by atoms with Crippen molar-refractivity contribution in [2.24, 2.45) is 0 Å². The number of rotatable bonds is 5. The SMILES string of the molecule is O=C(NS(=O)(=O)c1cccc(C(F)(F)F)c1)c1ccc(Cn2cccn2)cc1. The van der Waals surface area contributed by atoms with Gasteiger partial charge in [-0.2, -0.15) is 18.3 Å². The molecule has 0 bridgehead atoms. The molecule has 1 aromatic heterocycles. The summed E-state index contributed by atoms with van der Waals surface area (Å²) in [6, 6.07) is 11.1. The molecule has 6 nitrogen and oxygen atoms in total. The summed E-state index contributed by atoms with van der Waals surface area (Å²) in [7, 11) is -4.46. The number of aromatic nitrogens is 2. The van der Waals surface area contributed by atoms with Gasteiger partial charge in [-0.1, -0.05) is 18.2 Å². The molecule has 0 saturated carbocycles. The molecule has 0 atom stereocenters. The van der Waals surface area contributed by atoms with E-state index in [1.807, 2.05) is 0 Å². The molecule has 1 heterocycles. The number of halogens is 3. The fraction of sp³-hybridized carbons (Fsp3) is 0.111. The van der Waals surface area contributed by atoms with Crippen molar-refractivity contribution in [1.82, 2.24) is 14.5 Å². The number of carbonyl (C=O) groups is 1. The average molecular weight is 409 g/mol. The molecule has 0 radical (unpaired) electrons. The van der Waals surface area contributed by atoms with Crippen molar-refractivity contribution in [2.75, 3.05) is 0 Å². The van der Waals surface area contributed by atoms with E-state index in [0.29, 0.717) is 12.6 Å². The van der Waals surface area contributed by atoms with Gasteiger partial charge in [-0.25, -0.2) is 13.1 Å². The van der Waals surface area contributed by atoms with Crippen molar-refractivity contribution in [2.45, 2.75) is 17.6 Å². The lowest BCUT2D eigenvalue weighted by atomic mass is 10.1. The van der Waals surface area contributed by atoms with Crippen molar-refractivity contribution < 1.29 is 26.4 Å². The molecule has 0 unspecified atom stereocenters. The normalized spacial score (nSPS) is 12.0. The summed E-state index contributed by atoms with van der Waals surface area (Å²) < 4.78 is 66.3. The molecular formula is C18H14F3N3O3S. The van der Waals surface area contributed by atoms with Crippen LogP contribution in [0.2, 0.25) is 0 Å². The lowest BCUT2D eigenvalue weighted by Gasteiger charge is -2.10. The van der Waals surface area contributed by atoms with E-state index in [0.717, 1.165) is 23.8 Å². The van der Waals surface area contributed by atoms with E-state index in [1.54, 1.807) is 40.0 Å². The number of hydrogen-bond acceptors (Lipinski definition) is 4. The topological polar surface area (TPSA) is 81.1 Å². The third kappa shape index (κ3) is 4.58. The van der Waals surface area contributed by atoms with Crippen LogP contribution in [0, 0.1) is 0 Å². The van der Waals surface area contributed by atoms with Gasteiger partial charge in [-0.05, 0) is 42.0 Å². The Bertz CT molecular complexity index is 1080. The molecule has 28 heavy (non-hydrogen) atoms. The van der Waals surface area contributed by atoms with E-state index in [9.17, 15) is 26.4 Å². The van der Waals surface area contributed by atoms with Crippen molar-refractivity contribution in [3.05, 3.63) is 83.7 Å². The zero-order valence-corrected chi connectivity index (χ0v) is 15.0. The maximum Gasteiger partial charge on any atom is 0.416 e. The molecule has 0 aliphatic heterocycles. The third-order valence-electron chi connectivity index (χ3n) is 3.82. The Balaban J connectivity index is 1.74. The van der Waals surface area contributed by atoms with Gasteiger partial charge < -0.3 is 0 Å². The molecule has 3 rings (SSSR count). The number of alkyl halides is 3. The first-order valence-corrected chi connectivity index (χ1v) is 9.44. The van der Waals surface area contributed by atoms with Gasteiger partial charge in [0.05, 0.1) is 17.0 Å². The molecule has 0 aliphatic rings. The number of sulfonamides is 1. The number of nitrogens with zero attached hydrogens (tertiary/aromatic N) is 2. The van der Waals surface area contributed by atoms with Crippen molar-refractivity contribution in [3.8, 4) is 0 Å². The fourth-order valence-electron chi connectivity index (χ4n) is 2.42. The molecule has 0 spiro atoms. The van der Waals surface area contributed by atoms with E-state index >= 15 is 0 Å². The fourth-order valence-corrected chi connectivity index (χ4v) is 3.44. The molecule has 10 heteroatoms. The Morgan fingerprint density at radius 2 is 1.79 bits per heavy atom. The molecule has 2 aromatic carbocycles. The van der Waals surface area contributed by atoms with Crippen LogP contribution in [0.5, 0.6) is 0 Å². The van der Waals surface area contributed by atoms with Crippen LogP contribution >= 0.6 is 0 Å².